The first-order valence-corrected chi connectivity index (χ1v) is 6.89. The molecule has 2 rings (SSSR count). The van der Waals surface area contributed by atoms with Crippen molar-refractivity contribution >= 4 is 11.9 Å². The highest BCUT2D eigenvalue weighted by Crippen LogP contribution is 2.21. The molecule has 1 aromatic heterocycles. The highest BCUT2D eigenvalue weighted by Gasteiger charge is 2.38. The van der Waals surface area contributed by atoms with Crippen LogP contribution in [0.25, 0.3) is 0 Å². The number of aryl methyl sites for hydroxylation is 2. The maximum atomic E-state index is 12.2. The molecule has 1 aliphatic rings. The van der Waals surface area contributed by atoms with Gasteiger partial charge in [-0.15, -0.1) is 0 Å². The predicted octanol–water partition coefficient (Wildman–Crippen LogP) is 0.782. The van der Waals surface area contributed by atoms with Crippen molar-refractivity contribution in [1.82, 2.24) is 10.1 Å². The summed E-state index contributed by atoms with van der Waals surface area (Å²) >= 11 is 0. The lowest BCUT2D eigenvalue weighted by Gasteiger charge is -2.26. The fourth-order valence-corrected chi connectivity index (χ4v) is 2.61. The maximum absolute atomic E-state index is 12.2. The summed E-state index contributed by atoms with van der Waals surface area (Å²) < 4.78 is 10.3. The number of nitrogens with zero attached hydrogens (tertiary/aromatic N) is 2. The van der Waals surface area contributed by atoms with E-state index in [1.165, 1.54) is 4.90 Å². The van der Waals surface area contributed by atoms with E-state index in [0.29, 0.717) is 12.8 Å². The van der Waals surface area contributed by atoms with E-state index in [1.807, 2.05) is 13.8 Å². The Morgan fingerprint density at radius 3 is 2.67 bits per heavy atom. The molecule has 0 aromatic carbocycles. The average molecular weight is 296 g/mol. The zero-order valence-corrected chi connectivity index (χ0v) is 12.5. The zero-order valence-electron chi connectivity index (χ0n) is 12.5. The van der Waals surface area contributed by atoms with Gasteiger partial charge in [0.25, 0.3) is 0 Å². The van der Waals surface area contributed by atoms with Gasteiger partial charge >= 0.3 is 5.97 Å². The van der Waals surface area contributed by atoms with Crippen molar-refractivity contribution in [3.05, 3.63) is 17.0 Å². The van der Waals surface area contributed by atoms with Crippen LogP contribution in [-0.2, 0) is 20.7 Å². The van der Waals surface area contributed by atoms with E-state index in [9.17, 15) is 9.59 Å². The summed E-state index contributed by atoms with van der Waals surface area (Å²) in [6.45, 7) is 4.08. The van der Waals surface area contributed by atoms with Gasteiger partial charge < -0.3 is 19.3 Å². The number of likely N-dealkylation sites (N-methyl/N-ethyl adjacent to an activating group) is 1. The molecule has 7 nitrogen and oxygen atoms in total. The largest absolute Gasteiger partial charge is 0.481 e. The van der Waals surface area contributed by atoms with E-state index >= 15 is 0 Å². The zero-order chi connectivity index (χ0) is 15.6. The minimum atomic E-state index is -0.928. The molecule has 0 saturated carbocycles. The number of carboxylic acids is 1. The van der Waals surface area contributed by atoms with Gasteiger partial charge in [0, 0.05) is 19.0 Å². The molecule has 2 heterocycles. The molecule has 0 aliphatic carbocycles. The first-order chi connectivity index (χ1) is 9.91. The third kappa shape index (κ3) is 3.24. The van der Waals surface area contributed by atoms with Gasteiger partial charge in [-0.1, -0.05) is 5.16 Å². The topological polar surface area (TPSA) is 92.9 Å². The van der Waals surface area contributed by atoms with E-state index in [-0.39, 0.29) is 19.1 Å². The van der Waals surface area contributed by atoms with Crippen molar-refractivity contribution in [3.8, 4) is 0 Å². The quantitative estimate of drug-likeness (QED) is 0.863. The van der Waals surface area contributed by atoms with E-state index in [0.717, 1.165) is 17.0 Å². The van der Waals surface area contributed by atoms with Gasteiger partial charge in [-0.2, -0.15) is 0 Å². The van der Waals surface area contributed by atoms with Gasteiger partial charge in [-0.3, -0.25) is 9.59 Å². The summed E-state index contributed by atoms with van der Waals surface area (Å²) in [6.07, 6.45) is 0.831. The molecule has 0 radical (unpaired) electrons. The molecule has 1 amide bonds. The van der Waals surface area contributed by atoms with Gasteiger partial charge in [0.1, 0.15) is 11.7 Å². The van der Waals surface area contributed by atoms with Crippen LogP contribution in [0.3, 0.4) is 0 Å². The highest BCUT2D eigenvalue weighted by atomic mass is 16.5. The molecule has 1 aromatic rings. The molecule has 1 N–H and O–H groups in total. The van der Waals surface area contributed by atoms with Gasteiger partial charge in [0.05, 0.1) is 24.9 Å². The van der Waals surface area contributed by atoms with Crippen LogP contribution in [0.1, 0.15) is 23.4 Å². The van der Waals surface area contributed by atoms with Gasteiger partial charge in [0.2, 0.25) is 5.91 Å². The minimum Gasteiger partial charge on any atom is -0.481 e. The lowest BCUT2D eigenvalue weighted by molar-refractivity contribution is -0.144. The van der Waals surface area contributed by atoms with Crippen molar-refractivity contribution in [3.63, 3.8) is 0 Å². The van der Waals surface area contributed by atoms with Crippen molar-refractivity contribution in [2.24, 2.45) is 5.92 Å². The molecular formula is C14H20N2O5. The molecule has 21 heavy (non-hydrogen) atoms. The number of carbonyl (C=O) groups is 2. The molecule has 7 heteroatoms. The Hall–Kier alpha value is -1.89. The number of aromatic nitrogens is 1. The van der Waals surface area contributed by atoms with Crippen molar-refractivity contribution in [1.29, 1.82) is 0 Å². The summed E-state index contributed by atoms with van der Waals surface area (Å²) in [5, 5.41) is 13.0. The molecule has 2 atom stereocenters. The van der Waals surface area contributed by atoms with E-state index in [2.05, 4.69) is 5.16 Å². The lowest BCUT2D eigenvalue weighted by atomic mass is 10.0. The lowest BCUT2D eigenvalue weighted by Crippen LogP contribution is -2.44. The number of hydrogen-bond acceptors (Lipinski definition) is 5. The summed E-state index contributed by atoms with van der Waals surface area (Å²) in [7, 11) is 1.63. The number of ether oxygens (including phenoxy) is 1. The first-order valence-electron chi connectivity index (χ1n) is 6.89. The second kappa shape index (κ2) is 6.26. The number of carboxylic acid groups (broad SMARTS) is 1. The van der Waals surface area contributed by atoms with Crippen LogP contribution in [0, 0.1) is 19.8 Å². The van der Waals surface area contributed by atoms with E-state index in [4.69, 9.17) is 14.4 Å². The Kier molecular flexibility index (Phi) is 4.62. The van der Waals surface area contributed by atoms with Gasteiger partial charge in [-0.05, 0) is 20.3 Å². The van der Waals surface area contributed by atoms with Gasteiger partial charge in [-0.25, -0.2) is 0 Å². The van der Waals surface area contributed by atoms with Crippen LogP contribution in [0.5, 0.6) is 0 Å². The molecule has 0 spiro atoms. The monoisotopic (exact) mass is 296 g/mol. The van der Waals surface area contributed by atoms with Crippen molar-refractivity contribution in [2.75, 3.05) is 20.3 Å². The van der Waals surface area contributed by atoms with E-state index < -0.39 is 17.9 Å². The molecule has 1 aliphatic heterocycles. The Morgan fingerprint density at radius 1 is 1.38 bits per heavy atom. The SMILES string of the molecule is Cc1noc(C)c1CCC(=O)N(C)C1COCC1C(=O)O. The van der Waals surface area contributed by atoms with Crippen molar-refractivity contribution in [2.45, 2.75) is 32.7 Å². The fourth-order valence-electron chi connectivity index (χ4n) is 2.61. The Labute approximate surface area is 122 Å². The molecule has 2 unspecified atom stereocenters. The Bertz CT molecular complexity index is 520. The van der Waals surface area contributed by atoms with Crippen molar-refractivity contribution < 1.29 is 24.0 Å². The summed E-state index contributed by atoms with van der Waals surface area (Å²) in [5.41, 5.74) is 1.73. The molecular weight excluding hydrogens is 276 g/mol. The first kappa shape index (κ1) is 15.5. The highest BCUT2D eigenvalue weighted by molar-refractivity contribution is 5.78. The maximum Gasteiger partial charge on any atom is 0.311 e. The standard InChI is InChI=1S/C14H20N2O5/c1-8-10(9(2)21-15-8)4-5-13(17)16(3)12-7-20-6-11(12)14(18)19/h11-12H,4-7H2,1-3H3,(H,18,19). The van der Waals surface area contributed by atoms with Crippen LogP contribution in [-0.4, -0.2) is 53.3 Å². The molecule has 0 bridgehead atoms. The second-order valence-corrected chi connectivity index (χ2v) is 5.36. The molecule has 1 saturated heterocycles. The predicted molar refractivity (Wildman–Crippen MR) is 72.8 cm³/mol. The number of aliphatic carboxylic acids is 1. The minimum absolute atomic E-state index is 0.100. The number of rotatable bonds is 5. The number of hydrogen-bond donors (Lipinski definition) is 1. The van der Waals surface area contributed by atoms with Crippen LogP contribution < -0.4 is 0 Å². The Morgan fingerprint density at radius 2 is 2.10 bits per heavy atom. The molecule has 116 valence electrons. The number of amides is 1. The summed E-state index contributed by atoms with van der Waals surface area (Å²) in [4.78, 5) is 24.9. The Balaban J connectivity index is 1.95. The normalized spacial score (nSPS) is 21.5. The van der Waals surface area contributed by atoms with E-state index in [1.54, 1.807) is 7.05 Å². The van der Waals surface area contributed by atoms with Crippen LogP contribution in [0.2, 0.25) is 0 Å². The average Bonchev–Trinajstić information content (AvgIpc) is 3.03. The van der Waals surface area contributed by atoms with Crippen LogP contribution in [0.15, 0.2) is 4.52 Å². The van der Waals surface area contributed by atoms with Gasteiger partial charge in [0.15, 0.2) is 0 Å². The van der Waals surface area contributed by atoms with Crippen LogP contribution >= 0.6 is 0 Å². The fraction of sp³-hybridized carbons (Fsp3) is 0.643. The summed E-state index contributed by atoms with van der Waals surface area (Å²) in [6, 6.07) is -0.403. The molecule has 1 fully saturated rings. The van der Waals surface area contributed by atoms with Crippen LogP contribution in [0.4, 0.5) is 0 Å². The number of carbonyl (C=O) groups excluding carboxylic acids is 1. The third-order valence-corrected chi connectivity index (χ3v) is 4.03. The smallest absolute Gasteiger partial charge is 0.311 e. The second-order valence-electron chi connectivity index (χ2n) is 5.36. The summed E-state index contributed by atoms with van der Waals surface area (Å²) in [5.74, 6) is -0.965. The third-order valence-electron chi connectivity index (χ3n) is 4.03.